The lowest BCUT2D eigenvalue weighted by Crippen LogP contribution is -2.37. The maximum absolute atomic E-state index is 12.3. The molecule has 0 spiro atoms. The van der Waals surface area contributed by atoms with Crippen molar-refractivity contribution in [3.8, 4) is 0 Å². The second-order valence-corrected chi connectivity index (χ2v) is 5.86. The largest absolute Gasteiger partial charge is 0.378 e. The molecule has 0 N–H and O–H groups in total. The van der Waals surface area contributed by atoms with Crippen LogP contribution in [0.2, 0.25) is 0 Å². The molecule has 2 aliphatic rings. The minimum absolute atomic E-state index is 0.125. The molecule has 0 aromatic carbocycles. The molecule has 2 aromatic rings. The topological polar surface area (TPSA) is 95.5 Å². The van der Waals surface area contributed by atoms with Gasteiger partial charge in [-0.1, -0.05) is 5.16 Å². The van der Waals surface area contributed by atoms with Gasteiger partial charge in [0, 0.05) is 25.8 Å². The molecule has 4 rings (SSSR count). The number of aromatic nitrogens is 4. The summed E-state index contributed by atoms with van der Waals surface area (Å²) >= 11 is 0. The average Bonchev–Trinajstić information content (AvgIpc) is 3.29. The highest BCUT2D eigenvalue weighted by molar-refractivity contribution is 5.43. The molecular weight excluding hydrogens is 314 g/mol. The van der Waals surface area contributed by atoms with Crippen LogP contribution in [0.4, 0.5) is 5.69 Å². The molecule has 0 unspecified atom stereocenters. The van der Waals surface area contributed by atoms with Gasteiger partial charge in [-0.05, 0) is 12.8 Å². The fraction of sp³-hybridized carbons (Fsp3) is 0.600. The summed E-state index contributed by atoms with van der Waals surface area (Å²) in [5.41, 5.74) is 0.621. The Morgan fingerprint density at radius 2 is 2.12 bits per heavy atom. The summed E-state index contributed by atoms with van der Waals surface area (Å²) in [5, 5.41) is 8.14. The van der Waals surface area contributed by atoms with Crippen LogP contribution < -0.4 is 10.5 Å². The molecule has 2 aromatic heterocycles. The molecule has 4 heterocycles. The van der Waals surface area contributed by atoms with Crippen molar-refractivity contribution in [1.29, 1.82) is 0 Å². The fourth-order valence-electron chi connectivity index (χ4n) is 2.91. The Balaban J connectivity index is 1.47. The van der Waals surface area contributed by atoms with E-state index >= 15 is 0 Å². The normalized spacial score (nSPS) is 21.3. The van der Waals surface area contributed by atoms with E-state index in [9.17, 15) is 4.79 Å². The van der Waals surface area contributed by atoms with Crippen LogP contribution >= 0.6 is 0 Å². The Bertz CT molecular complexity index is 746. The van der Waals surface area contributed by atoms with Gasteiger partial charge in [0.25, 0.3) is 11.4 Å². The second kappa shape index (κ2) is 6.70. The summed E-state index contributed by atoms with van der Waals surface area (Å²) in [6, 6.07) is 1.58. The monoisotopic (exact) mass is 333 g/mol. The predicted molar refractivity (Wildman–Crippen MR) is 82.9 cm³/mol. The lowest BCUT2D eigenvalue weighted by molar-refractivity contribution is 0.0835. The van der Waals surface area contributed by atoms with Crippen LogP contribution in [0, 0.1) is 0 Å². The molecule has 1 atom stereocenters. The zero-order valence-corrected chi connectivity index (χ0v) is 13.3. The molecule has 0 bridgehead atoms. The first-order chi connectivity index (χ1) is 11.8. The number of ether oxygens (including phenoxy) is 2. The second-order valence-electron chi connectivity index (χ2n) is 5.86. The van der Waals surface area contributed by atoms with Crippen molar-refractivity contribution in [2.24, 2.45) is 0 Å². The van der Waals surface area contributed by atoms with Gasteiger partial charge >= 0.3 is 0 Å². The van der Waals surface area contributed by atoms with Crippen molar-refractivity contribution in [2.45, 2.75) is 25.5 Å². The molecule has 0 radical (unpaired) electrons. The molecule has 9 heteroatoms. The standard InChI is InChI=1S/C15H19N5O4/c21-14-8-11(19-3-6-22-7-4-19)9-16-20(14)10-13-17-15(24-18-13)12-2-1-5-23-12/h8-9,12H,1-7,10H2/t12-/m0/s1. The summed E-state index contributed by atoms with van der Waals surface area (Å²) in [6.45, 7) is 3.75. The Kier molecular flexibility index (Phi) is 4.26. The van der Waals surface area contributed by atoms with Crippen molar-refractivity contribution >= 4 is 5.69 Å². The van der Waals surface area contributed by atoms with E-state index < -0.39 is 0 Å². The Hall–Kier alpha value is -2.26. The highest BCUT2D eigenvalue weighted by Gasteiger charge is 2.24. The van der Waals surface area contributed by atoms with E-state index in [2.05, 4.69) is 20.1 Å². The Labute approximate surface area is 138 Å². The van der Waals surface area contributed by atoms with Crippen LogP contribution in [0.5, 0.6) is 0 Å². The summed E-state index contributed by atoms with van der Waals surface area (Å²) in [7, 11) is 0. The number of anilines is 1. The average molecular weight is 333 g/mol. The summed E-state index contributed by atoms with van der Waals surface area (Å²) < 4.78 is 17.4. The van der Waals surface area contributed by atoms with Gasteiger partial charge in [0.15, 0.2) is 5.82 Å². The van der Waals surface area contributed by atoms with E-state index in [-0.39, 0.29) is 18.2 Å². The molecule has 128 valence electrons. The molecule has 2 saturated heterocycles. The smallest absolute Gasteiger partial charge is 0.269 e. The number of rotatable bonds is 4. The zero-order valence-electron chi connectivity index (χ0n) is 13.3. The third kappa shape index (κ3) is 3.17. The minimum Gasteiger partial charge on any atom is -0.378 e. The first-order valence-corrected chi connectivity index (χ1v) is 8.13. The van der Waals surface area contributed by atoms with Crippen molar-refractivity contribution < 1.29 is 14.0 Å². The van der Waals surface area contributed by atoms with Crippen LogP contribution in [-0.2, 0) is 16.0 Å². The van der Waals surface area contributed by atoms with Crippen LogP contribution in [0.3, 0.4) is 0 Å². The summed E-state index contributed by atoms with van der Waals surface area (Å²) in [6.07, 6.45) is 3.44. The van der Waals surface area contributed by atoms with Gasteiger partial charge in [-0.3, -0.25) is 4.79 Å². The van der Waals surface area contributed by atoms with E-state index in [4.69, 9.17) is 14.0 Å². The molecule has 0 saturated carbocycles. The van der Waals surface area contributed by atoms with Crippen molar-refractivity contribution in [3.63, 3.8) is 0 Å². The van der Waals surface area contributed by atoms with Crippen molar-refractivity contribution in [2.75, 3.05) is 37.8 Å². The minimum atomic E-state index is -0.192. The van der Waals surface area contributed by atoms with Crippen LogP contribution in [0.25, 0.3) is 0 Å². The third-order valence-electron chi connectivity index (χ3n) is 4.21. The van der Waals surface area contributed by atoms with E-state index in [1.54, 1.807) is 12.3 Å². The van der Waals surface area contributed by atoms with E-state index in [0.29, 0.717) is 31.5 Å². The van der Waals surface area contributed by atoms with E-state index in [1.165, 1.54) is 4.68 Å². The predicted octanol–water partition coefficient (Wildman–Crippen LogP) is 0.363. The fourth-order valence-corrected chi connectivity index (χ4v) is 2.91. The van der Waals surface area contributed by atoms with Gasteiger partial charge in [0.05, 0.1) is 25.1 Å². The molecule has 24 heavy (non-hydrogen) atoms. The molecule has 2 aliphatic heterocycles. The molecule has 0 aliphatic carbocycles. The van der Waals surface area contributed by atoms with Gasteiger partial charge in [0.1, 0.15) is 12.6 Å². The lowest BCUT2D eigenvalue weighted by atomic mass is 10.2. The van der Waals surface area contributed by atoms with E-state index in [1.807, 2.05) is 0 Å². The summed E-state index contributed by atoms with van der Waals surface area (Å²) in [4.78, 5) is 18.7. The van der Waals surface area contributed by atoms with Gasteiger partial charge in [0.2, 0.25) is 0 Å². The van der Waals surface area contributed by atoms with E-state index in [0.717, 1.165) is 31.6 Å². The van der Waals surface area contributed by atoms with Crippen LogP contribution in [-0.4, -0.2) is 52.8 Å². The highest BCUT2D eigenvalue weighted by Crippen LogP contribution is 2.26. The van der Waals surface area contributed by atoms with Gasteiger partial charge in [-0.25, -0.2) is 4.68 Å². The van der Waals surface area contributed by atoms with Crippen molar-refractivity contribution in [3.05, 3.63) is 34.3 Å². The van der Waals surface area contributed by atoms with Crippen molar-refractivity contribution in [1.82, 2.24) is 19.9 Å². The number of nitrogens with zero attached hydrogens (tertiary/aromatic N) is 5. The van der Waals surface area contributed by atoms with Crippen LogP contribution in [0.1, 0.15) is 30.7 Å². The first-order valence-electron chi connectivity index (χ1n) is 8.13. The molecule has 9 nitrogen and oxygen atoms in total. The number of morpholine rings is 1. The zero-order chi connectivity index (χ0) is 16.4. The Morgan fingerprint density at radius 1 is 1.25 bits per heavy atom. The number of hydrogen-bond donors (Lipinski definition) is 0. The van der Waals surface area contributed by atoms with Gasteiger partial charge in [-0.2, -0.15) is 10.1 Å². The van der Waals surface area contributed by atoms with Crippen LogP contribution in [0.15, 0.2) is 21.6 Å². The first kappa shape index (κ1) is 15.3. The molecular formula is C15H19N5O4. The SMILES string of the molecule is O=c1cc(N2CCOCC2)cnn1Cc1noc([C@@H]2CCCO2)n1. The lowest BCUT2D eigenvalue weighted by Gasteiger charge is -2.28. The quantitative estimate of drug-likeness (QED) is 0.791. The van der Waals surface area contributed by atoms with Gasteiger partial charge in [-0.15, -0.1) is 0 Å². The maximum atomic E-state index is 12.3. The highest BCUT2D eigenvalue weighted by atomic mass is 16.5. The number of hydrogen-bond acceptors (Lipinski definition) is 8. The maximum Gasteiger partial charge on any atom is 0.269 e. The molecule has 0 amide bonds. The molecule has 2 fully saturated rings. The summed E-state index contributed by atoms with van der Waals surface area (Å²) in [5.74, 6) is 0.898. The van der Waals surface area contributed by atoms with Gasteiger partial charge < -0.3 is 18.9 Å². The Morgan fingerprint density at radius 3 is 2.88 bits per heavy atom. The third-order valence-corrected chi connectivity index (χ3v) is 4.21.